The van der Waals surface area contributed by atoms with Crippen LogP contribution in [0.4, 0.5) is 0 Å². The summed E-state index contributed by atoms with van der Waals surface area (Å²) in [4.78, 5) is 26.7. The molecule has 0 fully saturated rings. The van der Waals surface area contributed by atoms with E-state index in [1.807, 2.05) is 0 Å². The lowest BCUT2D eigenvalue weighted by molar-refractivity contribution is -0.115. The monoisotopic (exact) mass is 238 g/mol. The molecule has 0 aliphatic carbocycles. The molecule has 4 N–H and O–H groups in total. The van der Waals surface area contributed by atoms with Crippen LogP contribution in [-0.4, -0.2) is 44.6 Å². The van der Waals surface area contributed by atoms with Gasteiger partial charge in [-0.05, 0) is 0 Å². The summed E-state index contributed by atoms with van der Waals surface area (Å²) in [6.07, 6.45) is 3.05. The van der Waals surface area contributed by atoms with Gasteiger partial charge >= 0.3 is 7.82 Å². The standard InChI is InChI=1S/C7H11O7P/c1-2-7(10,6(9)3-4-8)5-14-15(11,12)13/h1,4,6,9-10H,3,5H2,(H2,11,12,13). The molecule has 0 aliphatic heterocycles. The van der Waals surface area contributed by atoms with E-state index in [4.69, 9.17) is 16.2 Å². The van der Waals surface area contributed by atoms with Gasteiger partial charge in [0.25, 0.3) is 0 Å². The molecule has 0 aromatic carbocycles. The Hall–Kier alpha value is -0.740. The van der Waals surface area contributed by atoms with Gasteiger partial charge in [-0.15, -0.1) is 6.42 Å². The molecule has 8 heteroatoms. The normalized spacial score (nSPS) is 17.5. The number of rotatable bonds is 6. The summed E-state index contributed by atoms with van der Waals surface area (Å²) in [5.41, 5.74) is -2.30. The lowest BCUT2D eigenvalue weighted by Gasteiger charge is -2.26. The molecule has 0 radical (unpaired) electrons. The van der Waals surface area contributed by atoms with Gasteiger partial charge in [0, 0.05) is 6.42 Å². The summed E-state index contributed by atoms with van der Waals surface area (Å²) in [7, 11) is -4.79. The zero-order chi connectivity index (χ0) is 12.1. The smallest absolute Gasteiger partial charge is 0.389 e. The second kappa shape index (κ2) is 5.37. The fraction of sp³-hybridized carbons (Fsp3) is 0.571. The van der Waals surface area contributed by atoms with Crippen LogP contribution >= 0.6 is 7.82 Å². The lowest BCUT2D eigenvalue weighted by Crippen LogP contribution is -2.45. The van der Waals surface area contributed by atoms with Crippen molar-refractivity contribution in [3.8, 4) is 12.3 Å². The van der Waals surface area contributed by atoms with E-state index in [0.717, 1.165) is 0 Å². The highest BCUT2D eigenvalue weighted by Gasteiger charge is 2.36. The Balaban J connectivity index is 4.52. The molecule has 0 rings (SSSR count). The summed E-state index contributed by atoms with van der Waals surface area (Å²) in [5.74, 6) is 1.71. The third-order valence-corrected chi connectivity index (χ3v) is 2.04. The van der Waals surface area contributed by atoms with Gasteiger partial charge in [0.05, 0.1) is 0 Å². The maximum Gasteiger partial charge on any atom is 0.469 e. The number of phosphoric acid groups is 1. The average Bonchev–Trinajstić information content (AvgIpc) is 2.13. The molecule has 0 heterocycles. The van der Waals surface area contributed by atoms with Crippen LogP contribution in [0.15, 0.2) is 0 Å². The van der Waals surface area contributed by atoms with Crippen LogP contribution < -0.4 is 0 Å². The first-order valence-corrected chi connectivity index (χ1v) is 5.30. The number of carbonyl (C=O) groups excluding carboxylic acids is 1. The van der Waals surface area contributed by atoms with Crippen molar-refractivity contribution in [2.45, 2.75) is 18.1 Å². The van der Waals surface area contributed by atoms with Crippen molar-refractivity contribution in [2.24, 2.45) is 0 Å². The topological polar surface area (TPSA) is 124 Å². The largest absolute Gasteiger partial charge is 0.469 e. The average molecular weight is 238 g/mol. The summed E-state index contributed by atoms with van der Waals surface area (Å²) in [5, 5.41) is 18.7. The van der Waals surface area contributed by atoms with Crippen LogP contribution in [-0.2, 0) is 13.9 Å². The Morgan fingerprint density at radius 2 is 2.13 bits per heavy atom. The maximum atomic E-state index is 10.3. The van der Waals surface area contributed by atoms with Crippen LogP contribution in [0.5, 0.6) is 0 Å². The van der Waals surface area contributed by atoms with Crippen molar-refractivity contribution < 1.29 is 33.9 Å². The van der Waals surface area contributed by atoms with E-state index < -0.39 is 32.6 Å². The van der Waals surface area contributed by atoms with E-state index in [-0.39, 0.29) is 0 Å². The predicted octanol–water partition coefficient (Wildman–Crippen LogP) is -1.59. The number of aldehydes is 1. The number of aliphatic hydroxyl groups is 2. The first-order valence-electron chi connectivity index (χ1n) is 3.77. The van der Waals surface area contributed by atoms with Gasteiger partial charge < -0.3 is 24.8 Å². The Morgan fingerprint density at radius 3 is 2.47 bits per heavy atom. The van der Waals surface area contributed by atoms with Gasteiger partial charge in [-0.3, -0.25) is 4.52 Å². The molecule has 7 nitrogen and oxygen atoms in total. The summed E-state index contributed by atoms with van der Waals surface area (Å²) >= 11 is 0. The summed E-state index contributed by atoms with van der Waals surface area (Å²) in [6, 6.07) is 0. The Labute approximate surface area is 85.9 Å². The quantitative estimate of drug-likeness (QED) is 0.250. The highest BCUT2D eigenvalue weighted by molar-refractivity contribution is 7.46. The van der Waals surface area contributed by atoms with E-state index in [1.54, 1.807) is 5.92 Å². The molecule has 86 valence electrons. The third kappa shape index (κ3) is 5.04. The number of phosphoric ester groups is 1. The molecule has 2 atom stereocenters. The molecular weight excluding hydrogens is 227 g/mol. The second-order valence-corrected chi connectivity index (χ2v) is 3.99. The van der Waals surface area contributed by atoms with Gasteiger partial charge in [-0.1, -0.05) is 5.92 Å². The van der Waals surface area contributed by atoms with E-state index in [9.17, 15) is 19.6 Å². The molecule has 0 aromatic heterocycles. The lowest BCUT2D eigenvalue weighted by atomic mass is 9.97. The van der Waals surface area contributed by atoms with Crippen LogP contribution in [0, 0.1) is 12.3 Å². The molecule has 0 saturated heterocycles. The molecule has 0 aromatic rings. The van der Waals surface area contributed by atoms with E-state index in [1.165, 1.54) is 0 Å². The van der Waals surface area contributed by atoms with Crippen LogP contribution in [0.3, 0.4) is 0 Å². The molecule has 0 aliphatic rings. The Bertz CT molecular complexity index is 303. The van der Waals surface area contributed by atoms with E-state index in [2.05, 4.69) is 4.52 Å². The van der Waals surface area contributed by atoms with E-state index >= 15 is 0 Å². The molecular formula is C7H11O7P. The van der Waals surface area contributed by atoms with Crippen LogP contribution in [0.2, 0.25) is 0 Å². The fourth-order valence-electron chi connectivity index (χ4n) is 0.703. The zero-order valence-corrected chi connectivity index (χ0v) is 8.50. The Morgan fingerprint density at radius 1 is 1.60 bits per heavy atom. The second-order valence-electron chi connectivity index (χ2n) is 2.75. The third-order valence-electron chi connectivity index (χ3n) is 1.57. The molecule has 0 spiro atoms. The molecule has 2 unspecified atom stereocenters. The first-order chi connectivity index (χ1) is 6.75. The minimum absolute atomic E-state index is 0.310. The van der Waals surface area contributed by atoms with Crippen molar-refractivity contribution in [1.29, 1.82) is 0 Å². The minimum atomic E-state index is -4.79. The number of aliphatic hydroxyl groups excluding tert-OH is 1. The maximum absolute atomic E-state index is 10.3. The minimum Gasteiger partial charge on any atom is -0.389 e. The SMILES string of the molecule is C#CC(O)(COP(=O)(O)O)C(O)CC=O. The van der Waals surface area contributed by atoms with Gasteiger partial charge in [-0.25, -0.2) is 4.57 Å². The number of carbonyl (C=O) groups is 1. The number of hydrogen-bond donors (Lipinski definition) is 4. The highest BCUT2D eigenvalue weighted by atomic mass is 31.2. The molecule has 15 heavy (non-hydrogen) atoms. The fourth-order valence-corrected chi connectivity index (χ4v) is 1.07. The van der Waals surface area contributed by atoms with Crippen molar-refractivity contribution in [1.82, 2.24) is 0 Å². The number of terminal acetylenes is 1. The molecule has 0 bridgehead atoms. The first kappa shape index (κ1) is 14.3. The van der Waals surface area contributed by atoms with Gasteiger partial charge in [0.2, 0.25) is 0 Å². The van der Waals surface area contributed by atoms with Crippen LogP contribution in [0.25, 0.3) is 0 Å². The summed E-state index contributed by atoms with van der Waals surface area (Å²) < 4.78 is 14.3. The molecule has 0 amide bonds. The van der Waals surface area contributed by atoms with Gasteiger partial charge in [0.1, 0.15) is 19.0 Å². The van der Waals surface area contributed by atoms with Crippen molar-refractivity contribution in [2.75, 3.05) is 6.61 Å². The van der Waals surface area contributed by atoms with Gasteiger partial charge in [0.15, 0.2) is 5.60 Å². The van der Waals surface area contributed by atoms with Crippen molar-refractivity contribution in [3.63, 3.8) is 0 Å². The van der Waals surface area contributed by atoms with E-state index in [0.29, 0.717) is 6.29 Å². The van der Waals surface area contributed by atoms with Crippen molar-refractivity contribution >= 4 is 14.1 Å². The summed E-state index contributed by atoms with van der Waals surface area (Å²) in [6.45, 7) is -0.969. The molecule has 0 saturated carbocycles. The highest BCUT2D eigenvalue weighted by Crippen LogP contribution is 2.37. The van der Waals surface area contributed by atoms with Gasteiger partial charge in [-0.2, -0.15) is 0 Å². The Kier molecular flexibility index (Phi) is 5.11. The van der Waals surface area contributed by atoms with Crippen LogP contribution in [0.1, 0.15) is 6.42 Å². The zero-order valence-electron chi connectivity index (χ0n) is 7.61. The number of hydrogen-bond acceptors (Lipinski definition) is 5. The predicted molar refractivity (Wildman–Crippen MR) is 48.5 cm³/mol. The van der Waals surface area contributed by atoms with Crippen molar-refractivity contribution in [3.05, 3.63) is 0 Å².